The van der Waals surface area contributed by atoms with Gasteiger partial charge in [0.1, 0.15) is 0 Å². The van der Waals surface area contributed by atoms with Gasteiger partial charge in [0.15, 0.2) is 0 Å². The lowest BCUT2D eigenvalue weighted by atomic mass is 10.2. The van der Waals surface area contributed by atoms with E-state index in [9.17, 15) is 13.2 Å². The lowest BCUT2D eigenvalue weighted by Gasteiger charge is -2.07. The highest BCUT2D eigenvalue weighted by Gasteiger charge is 2.14. The molecular weight excluding hydrogens is 280 g/mol. The molecule has 0 aromatic heterocycles. The average Bonchev–Trinajstić information content (AvgIpc) is 2.46. The maximum atomic E-state index is 11.8. The van der Waals surface area contributed by atoms with Crippen molar-refractivity contribution in [1.29, 1.82) is 0 Å². The summed E-state index contributed by atoms with van der Waals surface area (Å²) in [7, 11) is -3.64. The minimum Gasteiger partial charge on any atom is -0.396 e. The zero-order valence-corrected chi connectivity index (χ0v) is 12.0. The molecule has 6 nitrogen and oxygen atoms in total. The molecular formula is C13H20N2O4S. The summed E-state index contributed by atoms with van der Waals surface area (Å²) in [6.07, 6.45) is 2.29. The predicted molar refractivity (Wildman–Crippen MR) is 75.6 cm³/mol. The van der Waals surface area contributed by atoms with Gasteiger partial charge in [0.25, 0.3) is 0 Å². The number of carbonyl (C=O) groups excluding carboxylic acids is 1. The molecule has 1 rings (SSSR count). The molecule has 0 saturated carbocycles. The molecule has 1 aromatic carbocycles. The maximum absolute atomic E-state index is 11.8. The summed E-state index contributed by atoms with van der Waals surface area (Å²) in [6, 6.07) is 7.90. The topological polar surface area (TPSA) is 95.5 Å². The number of hydrogen-bond acceptors (Lipinski definition) is 4. The van der Waals surface area contributed by atoms with Crippen LogP contribution in [-0.2, 0) is 14.8 Å². The summed E-state index contributed by atoms with van der Waals surface area (Å²) in [5.74, 6) is -0.367. The fourth-order valence-corrected chi connectivity index (χ4v) is 2.55. The summed E-state index contributed by atoms with van der Waals surface area (Å²) in [4.78, 5) is 11.6. The van der Waals surface area contributed by atoms with E-state index in [4.69, 9.17) is 5.11 Å². The molecule has 7 heteroatoms. The number of amides is 1. The van der Waals surface area contributed by atoms with E-state index in [2.05, 4.69) is 10.0 Å². The minimum atomic E-state index is -3.64. The van der Waals surface area contributed by atoms with E-state index >= 15 is 0 Å². The van der Waals surface area contributed by atoms with Crippen LogP contribution in [-0.4, -0.2) is 39.1 Å². The summed E-state index contributed by atoms with van der Waals surface area (Å²) in [5.41, 5.74) is 0. The fourth-order valence-electron chi connectivity index (χ4n) is 1.55. The van der Waals surface area contributed by atoms with Crippen molar-refractivity contribution in [2.45, 2.75) is 24.2 Å². The highest BCUT2D eigenvalue weighted by molar-refractivity contribution is 7.89. The van der Waals surface area contributed by atoms with Gasteiger partial charge >= 0.3 is 0 Å². The molecule has 0 atom stereocenters. The zero-order valence-electron chi connectivity index (χ0n) is 11.2. The molecule has 0 heterocycles. The maximum Gasteiger partial charge on any atom is 0.241 e. The van der Waals surface area contributed by atoms with E-state index in [0.717, 1.165) is 12.8 Å². The molecule has 20 heavy (non-hydrogen) atoms. The van der Waals surface area contributed by atoms with Gasteiger partial charge in [-0.25, -0.2) is 13.1 Å². The van der Waals surface area contributed by atoms with Gasteiger partial charge in [0.05, 0.1) is 11.4 Å². The molecule has 0 spiro atoms. The van der Waals surface area contributed by atoms with Crippen LogP contribution in [0.15, 0.2) is 35.2 Å². The van der Waals surface area contributed by atoms with Crippen molar-refractivity contribution in [3.05, 3.63) is 30.3 Å². The van der Waals surface area contributed by atoms with Crippen LogP contribution in [0.1, 0.15) is 19.3 Å². The van der Waals surface area contributed by atoms with Gasteiger partial charge in [-0.1, -0.05) is 18.2 Å². The third-order valence-corrected chi connectivity index (χ3v) is 4.05. The first-order valence-corrected chi connectivity index (χ1v) is 7.97. The monoisotopic (exact) mass is 300 g/mol. The number of aliphatic hydroxyl groups excluding tert-OH is 1. The lowest BCUT2D eigenvalue weighted by Crippen LogP contribution is -2.37. The standard InChI is InChI=1S/C13H20N2O4S/c16-10-6-2-5-9-14-13(17)11-15-20(18,19)12-7-3-1-4-8-12/h1,3-4,7-8,15-16H,2,5-6,9-11H2,(H,14,17). The SMILES string of the molecule is O=C(CNS(=O)(=O)c1ccccc1)NCCCCCO. The first kappa shape index (κ1) is 16.6. The van der Waals surface area contributed by atoms with Crippen LogP contribution >= 0.6 is 0 Å². The second kappa shape index (κ2) is 8.68. The third kappa shape index (κ3) is 6.14. The van der Waals surface area contributed by atoms with Crippen LogP contribution in [0.3, 0.4) is 0 Å². The molecule has 0 fully saturated rings. The summed E-state index contributed by atoms with van der Waals surface area (Å²) < 4.78 is 25.9. The number of unbranched alkanes of at least 4 members (excludes halogenated alkanes) is 2. The number of hydrogen-bond donors (Lipinski definition) is 3. The van der Waals surface area contributed by atoms with E-state index in [1.54, 1.807) is 18.2 Å². The molecule has 0 saturated heterocycles. The van der Waals surface area contributed by atoms with Crippen LogP contribution in [0.25, 0.3) is 0 Å². The zero-order chi connectivity index (χ0) is 14.8. The Morgan fingerprint density at radius 3 is 2.45 bits per heavy atom. The summed E-state index contributed by atoms with van der Waals surface area (Å²) >= 11 is 0. The van der Waals surface area contributed by atoms with Crippen LogP contribution in [0.2, 0.25) is 0 Å². The third-order valence-electron chi connectivity index (χ3n) is 2.63. The molecule has 1 amide bonds. The normalized spacial score (nSPS) is 11.2. The van der Waals surface area contributed by atoms with E-state index in [0.29, 0.717) is 13.0 Å². The number of aliphatic hydroxyl groups is 1. The Hall–Kier alpha value is -1.44. The van der Waals surface area contributed by atoms with Gasteiger partial charge in [0, 0.05) is 13.2 Å². The van der Waals surface area contributed by atoms with E-state index in [1.165, 1.54) is 12.1 Å². The van der Waals surface area contributed by atoms with Crippen molar-refractivity contribution in [1.82, 2.24) is 10.0 Å². The highest BCUT2D eigenvalue weighted by Crippen LogP contribution is 2.06. The Labute approximate surface area is 119 Å². The molecule has 0 aliphatic rings. The molecule has 112 valence electrons. The first-order chi connectivity index (χ1) is 9.56. The van der Waals surface area contributed by atoms with Gasteiger partial charge in [-0.2, -0.15) is 0 Å². The Balaban J connectivity index is 2.30. The fraction of sp³-hybridized carbons (Fsp3) is 0.462. The van der Waals surface area contributed by atoms with Crippen molar-refractivity contribution < 1.29 is 18.3 Å². The molecule has 0 bridgehead atoms. The minimum absolute atomic E-state index is 0.135. The first-order valence-electron chi connectivity index (χ1n) is 6.48. The molecule has 0 aliphatic carbocycles. The highest BCUT2D eigenvalue weighted by atomic mass is 32.2. The number of benzene rings is 1. The Kier molecular flexibility index (Phi) is 7.21. The molecule has 0 aliphatic heterocycles. The van der Waals surface area contributed by atoms with Crippen molar-refractivity contribution in [2.75, 3.05) is 19.7 Å². The molecule has 0 radical (unpaired) electrons. The molecule has 3 N–H and O–H groups in total. The average molecular weight is 300 g/mol. The molecule has 0 unspecified atom stereocenters. The van der Waals surface area contributed by atoms with Gasteiger partial charge in [-0.15, -0.1) is 0 Å². The van der Waals surface area contributed by atoms with Crippen molar-refractivity contribution in [3.8, 4) is 0 Å². The summed E-state index contributed by atoms with van der Waals surface area (Å²) in [5, 5.41) is 11.2. The van der Waals surface area contributed by atoms with Crippen LogP contribution in [0.5, 0.6) is 0 Å². The van der Waals surface area contributed by atoms with Crippen LogP contribution in [0, 0.1) is 0 Å². The van der Waals surface area contributed by atoms with Crippen molar-refractivity contribution in [2.24, 2.45) is 0 Å². The Bertz CT molecular complexity index is 502. The van der Waals surface area contributed by atoms with Crippen molar-refractivity contribution >= 4 is 15.9 Å². The molecule has 1 aromatic rings. The van der Waals surface area contributed by atoms with Gasteiger partial charge in [-0.3, -0.25) is 4.79 Å². The van der Waals surface area contributed by atoms with Gasteiger partial charge < -0.3 is 10.4 Å². The van der Waals surface area contributed by atoms with E-state index < -0.39 is 10.0 Å². The Morgan fingerprint density at radius 2 is 1.80 bits per heavy atom. The lowest BCUT2D eigenvalue weighted by molar-refractivity contribution is -0.119. The van der Waals surface area contributed by atoms with Crippen molar-refractivity contribution in [3.63, 3.8) is 0 Å². The number of sulfonamides is 1. The second-order valence-electron chi connectivity index (χ2n) is 4.27. The number of rotatable bonds is 9. The second-order valence-corrected chi connectivity index (χ2v) is 6.04. The number of nitrogens with one attached hydrogen (secondary N) is 2. The largest absolute Gasteiger partial charge is 0.396 e. The van der Waals surface area contributed by atoms with Gasteiger partial charge in [0.2, 0.25) is 15.9 Å². The van der Waals surface area contributed by atoms with Crippen LogP contribution < -0.4 is 10.0 Å². The van der Waals surface area contributed by atoms with Crippen LogP contribution in [0.4, 0.5) is 0 Å². The van der Waals surface area contributed by atoms with E-state index in [-0.39, 0.29) is 24.0 Å². The van der Waals surface area contributed by atoms with Gasteiger partial charge in [-0.05, 0) is 31.4 Å². The van der Waals surface area contributed by atoms with E-state index in [1.807, 2.05) is 0 Å². The summed E-state index contributed by atoms with van der Waals surface area (Å²) in [6.45, 7) is 0.341. The quantitative estimate of drug-likeness (QED) is 0.569. The predicted octanol–water partition coefficient (Wildman–Crippen LogP) is 0.244. The smallest absolute Gasteiger partial charge is 0.241 e. The number of carbonyl (C=O) groups is 1. The Morgan fingerprint density at radius 1 is 1.10 bits per heavy atom.